The van der Waals surface area contributed by atoms with Gasteiger partial charge in [-0.2, -0.15) is 0 Å². The van der Waals surface area contributed by atoms with Gasteiger partial charge >= 0.3 is 0 Å². The number of thioether (sulfide) groups is 6. The average Bonchev–Trinajstić information content (AvgIpc) is 3.54. The minimum absolute atomic E-state index is 0.981. The Kier molecular flexibility index (Phi) is 9.83. The third-order valence-corrected chi connectivity index (χ3v) is 14.4. The summed E-state index contributed by atoms with van der Waals surface area (Å²) in [7, 11) is 0. The van der Waals surface area contributed by atoms with Crippen LogP contribution < -0.4 is 0 Å². The zero-order chi connectivity index (χ0) is 24.7. The van der Waals surface area contributed by atoms with Gasteiger partial charge in [-0.1, -0.05) is 134 Å². The molecule has 3 heterocycles. The Morgan fingerprint density at radius 3 is 1.42 bits per heavy atom. The maximum atomic E-state index is 4.75. The molecule has 1 aromatic heterocycles. The average molecular weight is 585 g/mol. The molecule has 0 atom stereocenters. The number of aromatic nitrogens is 2. The summed E-state index contributed by atoms with van der Waals surface area (Å²) in [6.45, 7) is 4.55. The normalized spacial score (nSPS) is 15.2. The van der Waals surface area contributed by atoms with Crippen LogP contribution in [0.5, 0.6) is 0 Å². The minimum atomic E-state index is 0.981. The topological polar surface area (TPSA) is 25.8 Å². The van der Waals surface area contributed by atoms with Gasteiger partial charge in [0.05, 0.1) is 26.7 Å². The molecule has 0 saturated heterocycles. The smallest absolute Gasteiger partial charge is 0.108 e. The molecular formula is C28H28N2S6. The second kappa shape index (κ2) is 13.3. The molecule has 0 saturated carbocycles. The fraction of sp³-hybridized carbons (Fsp3) is 0.286. The Balaban J connectivity index is 1.48. The van der Waals surface area contributed by atoms with E-state index in [2.05, 4.69) is 74.5 Å². The molecule has 0 unspecified atom stereocenters. The van der Waals surface area contributed by atoms with Gasteiger partial charge in [0.15, 0.2) is 0 Å². The Morgan fingerprint density at radius 2 is 1.00 bits per heavy atom. The van der Waals surface area contributed by atoms with Crippen molar-refractivity contribution in [2.24, 2.45) is 0 Å². The highest BCUT2D eigenvalue weighted by Gasteiger charge is 2.33. The molecule has 8 heteroatoms. The summed E-state index contributed by atoms with van der Waals surface area (Å²) in [5.74, 6) is 2.40. The molecule has 5 rings (SSSR count). The summed E-state index contributed by atoms with van der Waals surface area (Å²) in [5, 5.41) is 9.50. The molecule has 0 N–H and O–H groups in total. The van der Waals surface area contributed by atoms with Gasteiger partial charge in [0.2, 0.25) is 0 Å². The quantitative estimate of drug-likeness (QED) is 0.217. The van der Waals surface area contributed by atoms with Crippen molar-refractivity contribution in [3.05, 3.63) is 77.6 Å². The Bertz CT molecular complexity index is 1160. The van der Waals surface area contributed by atoms with Crippen LogP contribution in [0.2, 0.25) is 0 Å². The van der Waals surface area contributed by atoms with Gasteiger partial charge in [-0.05, 0) is 24.3 Å². The molecule has 2 aromatic carbocycles. The standard InChI is InChI=1S/C28H28N2S6/c1-3-5-17-31-25-26(32-18-6-4-2)36-28(35-25)27-33-23-21(19-13-9-7-10-14-19)29-30-22(24(23)34-27)20-15-11-8-12-16-20/h7-16H,3-6,17-18H2,1-2H3. The highest BCUT2D eigenvalue weighted by atomic mass is 32.3. The van der Waals surface area contributed by atoms with Crippen molar-refractivity contribution in [3.8, 4) is 22.5 Å². The monoisotopic (exact) mass is 584 g/mol. The van der Waals surface area contributed by atoms with Crippen molar-refractivity contribution in [2.45, 2.75) is 49.3 Å². The predicted octanol–water partition coefficient (Wildman–Crippen LogP) is 10.8. The van der Waals surface area contributed by atoms with E-state index in [1.165, 1.54) is 63.9 Å². The molecule has 3 aromatic rings. The lowest BCUT2D eigenvalue weighted by Gasteiger charge is -2.09. The number of fused-ring (bicyclic) bond motifs is 1. The van der Waals surface area contributed by atoms with Gasteiger partial charge in [-0.3, -0.25) is 0 Å². The van der Waals surface area contributed by atoms with Crippen LogP contribution in [0, 0.1) is 0 Å². The summed E-state index contributed by atoms with van der Waals surface area (Å²) in [5.41, 5.74) is 4.21. The third kappa shape index (κ3) is 6.21. The molecular weight excluding hydrogens is 557 g/mol. The molecule has 0 spiro atoms. The molecule has 2 aliphatic rings. The van der Waals surface area contributed by atoms with Gasteiger partial charge in [0.25, 0.3) is 0 Å². The first kappa shape index (κ1) is 26.7. The lowest BCUT2D eigenvalue weighted by Crippen LogP contribution is -1.95. The molecule has 186 valence electrons. The van der Waals surface area contributed by atoms with Crippen molar-refractivity contribution < 1.29 is 0 Å². The first-order valence-corrected chi connectivity index (χ1v) is 17.5. The number of nitrogens with zero attached hydrogens (tertiary/aromatic N) is 2. The van der Waals surface area contributed by atoms with Crippen LogP contribution in [-0.4, -0.2) is 21.7 Å². The van der Waals surface area contributed by atoms with E-state index in [-0.39, 0.29) is 0 Å². The first-order chi connectivity index (χ1) is 17.8. The van der Waals surface area contributed by atoms with Crippen molar-refractivity contribution in [1.29, 1.82) is 0 Å². The summed E-state index contributed by atoms with van der Waals surface area (Å²) in [6, 6.07) is 20.9. The van der Waals surface area contributed by atoms with E-state index in [9.17, 15) is 0 Å². The van der Waals surface area contributed by atoms with Crippen LogP contribution >= 0.6 is 70.6 Å². The largest absolute Gasteiger partial charge is 0.149 e. The number of unbranched alkanes of at least 4 members (excludes halogenated alkanes) is 2. The molecule has 36 heavy (non-hydrogen) atoms. The fourth-order valence-electron chi connectivity index (χ4n) is 3.61. The molecule has 2 nitrogen and oxygen atoms in total. The molecule has 0 amide bonds. The van der Waals surface area contributed by atoms with E-state index in [1.807, 2.05) is 70.6 Å². The molecule has 0 bridgehead atoms. The van der Waals surface area contributed by atoms with Gasteiger partial charge in [0, 0.05) is 11.1 Å². The van der Waals surface area contributed by atoms with Crippen molar-refractivity contribution in [1.82, 2.24) is 10.2 Å². The van der Waals surface area contributed by atoms with Crippen molar-refractivity contribution >= 4 is 70.6 Å². The van der Waals surface area contributed by atoms with Gasteiger partial charge in [0.1, 0.15) is 11.4 Å². The van der Waals surface area contributed by atoms with Gasteiger partial charge < -0.3 is 0 Å². The van der Waals surface area contributed by atoms with Crippen molar-refractivity contribution in [3.63, 3.8) is 0 Å². The first-order valence-electron chi connectivity index (χ1n) is 12.3. The number of hydrogen-bond acceptors (Lipinski definition) is 8. The Morgan fingerprint density at radius 1 is 0.583 bits per heavy atom. The second-order valence-electron chi connectivity index (χ2n) is 8.25. The lowest BCUT2D eigenvalue weighted by atomic mass is 10.1. The Hall–Kier alpha value is -0.900. The zero-order valence-electron chi connectivity index (χ0n) is 20.4. The van der Waals surface area contributed by atoms with Crippen LogP contribution in [0.4, 0.5) is 0 Å². The molecule has 0 radical (unpaired) electrons. The van der Waals surface area contributed by atoms with Gasteiger partial charge in [-0.15, -0.1) is 33.7 Å². The second-order valence-corrected chi connectivity index (χ2v) is 15.6. The SMILES string of the molecule is CCCCSC1=C(SCCCC)SC(=C2Sc3c(-c4ccccc4)nnc(-c4ccccc4)c3S2)S1. The maximum Gasteiger partial charge on any atom is 0.108 e. The number of rotatable bonds is 10. The number of hydrogen-bond donors (Lipinski definition) is 0. The summed E-state index contributed by atoms with van der Waals surface area (Å²) >= 11 is 11.8. The van der Waals surface area contributed by atoms with Gasteiger partial charge in [-0.25, -0.2) is 0 Å². The zero-order valence-corrected chi connectivity index (χ0v) is 25.3. The lowest BCUT2D eigenvalue weighted by molar-refractivity contribution is 0.897. The minimum Gasteiger partial charge on any atom is -0.149 e. The van der Waals surface area contributed by atoms with Crippen LogP contribution in [-0.2, 0) is 0 Å². The van der Waals surface area contributed by atoms with Crippen LogP contribution in [0.15, 0.2) is 87.4 Å². The van der Waals surface area contributed by atoms with E-state index in [0.29, 0.717) is 0 Å². The highest BCUT2D eigenvalue weighted by Crippen LogP contribution is 2.65. The van der Waals surface area contributed by atoms with E-state index in [4.69, 9.17) is 10.2 Å². The van der Waals surface area contributed by atoms with E-state index < -0.39 is 0 Å². The van der Waals surface area contributed by atoms with E-state index in [0.717, 1.165) is 22.5 Å². The predicted molar refractivity (Wildman–Crippen MR) is 169 cm³/mol. The fourth-order valence-corrected chi connectivity index (χ4v) is 12.8. The van der Waals surface area contributed by atoms with Crippen molar-refractivity contribution in [2.75, 3.05) is 11.5 Å². The highest BCUT2D eigenvalue weighted by molar-refractivity contribution is 8.42. The number of benzene rings is 2. The van der Waals surface area contributed by atoms with E-state index >= 15 is 0 Å². The maximum absolute atomic E-state index is 4.75. The van der Waals surface area contributed by atoms with Crippen LogP contribution in [0.3, 0.4) is 0 Å². The molecule has 0 aliphatic carbocycles. The summed E-state index contributed by atoms with van der Waals surface area (Å²) < 4.78 is 5.77. The summed E-state index contributed by atoms with van der Waals surface area (Å²) in [6.07, 6.45) is 5.03. The third-order valence-electron chi connectivity index (χ3n) is 5.54. The van der Waals surface area contributed by atoms with E-state index in [1.54, 1.807) is 0 Å². The van der Waals surface area contributed by atoms with Crippen LogP contribution in [0.25, 0.3) is 22.5 Å². The molecule has 2 aliphatic heterocycles. The Labute approximate surface area is 240 Å². The van der Waals surface area contributed by atoms with Crippen LogP contribution in [0.1, 0.15) is 39.5 Å². The molecule has 0 fully saturated rings. The summed E-state index contributed by atoms with van der Waals surface area (Å²) in [4.78, 5) is 2.46.